The number of aromatic nitrogens is 1. The Kier molecular flexibility index (Phi) is 6.76. The molecule has 0 saturated heterocycles. The van der Waals surface area contributed by atoms with E-state index >= 15 is 0 Å². The molecule has 0 bridgehead atoms. The molecule has 11 heteroatoms. The molecule has 0 radical (unpaired) electrons. The van der Waals surface area contributed by atoms with Crippen LogP contribution in [0, 0.1) is 11.3 Å². The Morgan fingerprint density at radius 3 is 2.42 bits per heavy atom. The number of nitrogens with zero attached hydrogens (tertiary/aromatic N) is 2. The van der Waals surface area contributed by atoms with Gasteiger partial charge in [0.05, 0.1) is 16.7 Å². The van der Waals surface area contributed by atoms with E-state index in [0.29, 0.717) is 32.8 Å². The summed E-state index contributed by atoms with van der Waals surface area (Å²) in [5, 5.41) is 18.7. The van der Waals surface area contributed by atoms with Gasteiger partial charge in [-0.25, -0.2) is 18.5 Å². The monoisotopic (exact) mass is 542 g/mol. The zero-order valence-corrected chi connectivity index (χ0v) is 21.1. The van der Waals surface area contributed by atoms with Gasteiger partial charge in [0.25, 0.3) is 5.91 Å². The number of furan rings is 2. The van der Waals surface area contributed by atoms with E-state index in [1.54, 1.807) is 42.5 Å². The maximum absolute atomic E-state index is 12.7. The van der Waals surface area contributed by atoms with E-state index in [2.05, 4.69) is 16.4 Å². The molecule has 0 saturated carbocycles. The van der Waals surface area contributed by atoms with E-state index in [-0.39, 0.29) is 16.2 Å². The van der Waals surface area contributed by atoms with Crippen molar-refractivity contribution in [2.45, 2.75) is 4.90 Å². The summed E-state index contributed by atoms with van der Waals surface area (Å²) < 4.78 is 34.0. The second-order valence-electron chi connectivity index (χ2n) is 7.94. The van der Waals surface area contributed by atoms with Crippen LogP contribution in [0.5, 0.6) is 0 Å². The largest absolute Gasteiger partial charge is 0.459 e. The molecule has 1 amide bonds. The van der Waals surface area contributed by atoms with Crippen molar-refractivity contribution in [3.8, 4) is 28.7 Å². The first-order valence-corrected chi connectivity index (χ1v) is 13.4. The molecule has 0 aliphatic heterocycles. The van der Waals surface area contributed by atoms with E-state index in [4.69, 9.17) is 14.0 Å². The van der Waals surface area contributed by atoms with Crippen molar-refractivity contribution >= 4 is 43.9 Å². The molecule has 0 unspecified atom stereocenters. The summed E-state index contributed by atoms with van der Waals surface area (Å²) in [6.45, 7) is 0. The molecule has 9 nitrogen and oxygen atoms in total. The highest BCUT2D eigenvalue weighted by molar-refractivity contribution is 7.89. The zero-order valence-electron chi connectivity index (χ0n) is 19.5. The predicted molar refractivity (Wildman–Crippen MR) is 143 cm³/mol. The molecule has 0 spiro atoms. The number of carbonyl (C=O) groups excluding carboxylic acids is 1. The lowest BCUT2D eigenvalue weighted by Crippen LogP contribution is -2.11. The standard InChI is InChI=1S/C27H18N4O5S2/c28-16-19(15-20-10-13-22(36-20)17-8-11-21(12-9-17)38(29,33)34)26-30-24(18-5-2-1-3-6-18)27(37-26)31-25(32)23-7-4-14-35-23/h1-15H,(H,31,32)(H2,29,33,34)/b19-15+. The highest BCUT2D eigenvalue weighted by Gasteiger charge is 2.20. The molecule has 0 fully saturated rings. The normalized spacial score (nSPS) is 11.7. The van der Waals surface area contributed by atoms with Gasteiger partial charge < -0.3 is 14.2 Å². The molecule has 188 valence electrons. The summed E-state index contributed by atoms with van der Waals surface area (Å²) in [5.41, 5.74) is 2.15. The van der Waals surface area contributed by atoms with Gasteiger partial charge in [0.15, 0.2) is 5.76 Å². The lowest BCUT2D eigenvalue weighted by Gasteiger charge is -2.03. The van der Waals surface area contributed by atoms with Crippen molar-refractivity contribution in [1.82, 2.24) is 4.98 Å². The number of thiazole rings is 1. The van der Waals surface area contributed by atoms with Gasteiger partial charge in [-0.3, -0.25) is 4.79 Å². The summed E-state index contributed by atoms with van der Waals surface area (Å²) in [6.07, 6.45) is 2.96. The van der Waals surface area contributed by atoms with Gasteiger partial charge in [0.2, 0.25) is 10.0 Å². The number of amides is 1. The summed E-state index contributed by atoms with van der Waals surface area (Å²) in [7, 11) is -3.80. The molecule has 5 aromatic rings. The van der Waals surface area contributed by atoms with Crippen molar-refractivity contribution < 1.29 is 22.0 Å². The molecule has 0 aliphatic carbocycles. The lowest BCUT2D eigenvalue weighted by atomic mass is 10.1. The van der Waals surface area contributed by atoms with E-state index < -0.39 is 15.9 Å². The van der Waals surface area contributed by atoms with Crippen molar-refractivity contribution in [3.63, 3.8) is 0 Å². The van der Waals surface area contributed by atoms with Gasteiger partial charge in [-0.2, -0.15) is 5.26 Å². The van der Waals surface area contributed by atoms with Crippen molar-refractivity contribution in [2.75, 3.05) is 5.32 Å². The number of allylic oxidation sites excluding steroid dienone is 1. The fraction of sp³-hybridized carbons (Fsp3) is 0. The van der Waals surface area contributed by atoms with E-state index in [1.165, 1.54) is 18.4 Å². The van der Waals surface area contributed by atoms with Crippen LogP contribution in [-0.2, 0) is 10.0 Å². The lowest BCUT2D eigenvalue weighted by molar-refractivity contribution is 0.0997. The Bertz CT molecular complexity index is 1780. The van der Waals surface area contributed by atoms with Gasteiger partial charge in [-0.1, -0.05) is 41.7 Å². The number of nitrogens with one attached hydrogen (secondary N) is 1. The average Bonchev–Trinajstić information content (AvgIpc) is 3.69. The van der Waals surface area contributed by atoms with E-state index in [9.17, 15) is 18.5 Å². The Labute approximate surface area is 221 Å². The van der Waals surface area contributed by atoms with Crippen LogP contribution in [0.4, 0.5) is 5.00 Å². The Balaban J connectivity index is 1.47. The maximum Gasteiger partial charge on any atom is 0.292 e. The minimum atomic E-state index is -3.80. The zero-order chi connectivity index (χ0) is 26.7. The quantitative estimate of drug-likeness (QED) is 0.253. The molecule has 38 heavy (non-hydrogen) atoms. The number of anilines is 1. The average molecular weight is 543 g/mol. The van der Waals surface area contributed by atoms with Crippen LogP contribution in [0.2, 0.25) is 0 Å². The van der Waals surface area contributed by atoms with Crippen LogP contribution in [0.1, 0.15) is 21.3 Å². The minimum absolute atomic E-state index is 0.00683. The number of sulfonamides is 1. The number of primary sulfonamides is 1. The van der Waals surface area contributed by atoms with E-state index in [0.717, 1.165) is 16.9 Å². The Morgan fingerprint density at radius 2 is 1.76 bits per heavy atom. The Morgan fingerprint density at radius 1 is 1.00 bits per heavy atom. The molecule has 3 heterocycles. The first-order chi connectivity index (χ1) is 18.3. The molecule has 2 aromatic carbocycles. The number of rotatable bonds is 7. The molecule has 0 aliphatic rings. The molecule has 3 aromatic heterocycles. The number of hydrogen-bond acceptors (Lipinski definition) is 8. The number of hydrogen-bond donors (Lipinski definition) is 2. The summed E-state index contributed by atoms with van der Waals surface area (Å²) in [5.74, 6) is 0.582. The van der Waals surface area contributed by atoms with Gasteiger partial charge >= 0.3 is 0 Å². The highest BCUT2D eigenvalue weighted by atomic mass is 32.2. The van der Waals surface area contributed by atoms with Crippen LogP contribution >= 0.6 is 11.3 Å². The number of nitriles is 1. The first-order valence-electron chi connectivity index (χ1n) is 11.1. The second kappa shape index (κ2) is 10.3. The van der Waals surface area contributed by atoms with Crippen molar-refractivity contribution in [3.05, 3.63) is 102 Å². The number of nitrogens with two attached hydrogens (primary N) is 1. The van der Waals surface area contributed by atoms with Crippen molar-refractivity contribution in [2.24, 2.45) is 5.14 Å². The van der Waals surface area contributed by atoms with Crippen LogP contribution in [-0.4, -0.2) is 19.3 Å². The van der Waals surface area contributed by atoms with Gasteiger partial charge in [-0.15, -0.1) is 0 Å². The summed E-state index contributed by atoms with van der Waals surface area (Å²) in [6, 6.07) is 24.0. The Hall–Kier alpha value is -4.76. The molecule has 0 atom stereocenters. The maximum atomic E-state index is 12.7. The number of carbonyl (C=O) groups is 1. The van der Waals surface area contributed by atoms with Gasteiger partial charge in [-0.05, 0) is 48.5 Å². The molecule has 5 rings (SSSR count). The molecular weight excluding hydrogens is 524 g/mol. The third-order valence-electron chi connectivity index (χ3n) is 5.38. The molecule has 3 N–H and O–H groups in total. The fourth-order valence-corrected chi connectivity index (χ4v) is 5.03. The van der Waals surface area contributed by atoms with Crippen LogP contribution in [0.3, 0.4) is 0 Å². The first kappa shape index (κ1) is 24.9. The minimum Gasteiger partial charge on any atom is -0.459 e. The predicted octanol–water partition coefficient (Wildman–Crippen LogP) is 5.63. The van der Waals surface area contributed by atoms with Gasteiger partial charge in [0.1, 0.15) is 33.3 Å². The van der Waals surface area contributed by atoms with Crippen LogP contribution in [0.25, 0.3) is 34.2 Å². The summed E-state index contributed by atoms with van der Waals surface area (Å²) >= 11 is 1.15. The van der Waals surface area contributed by atoms with Crippen molar-refractivity contribution in [1.29, 1.82) is 5.26 Å². The van der Waals surface area contributed by atoms with Gasteiger partial charge in [0, 0.05) is 17.2 Å². The fourth-order valence-electron chi connectivity index (χ4n) is 3.56. The van der Waals surface area contributed by atoms with Crippen LogP contribution in [0.15, 0.2) is 98.9 Å². The van der Waals surface area contributed by atoms with E-state index in [1.807, 2.05) is 30.3 Å². The smallest absolute Gasteiger partial charge is 0.292 e. The SMILES string of the molecule is N#C/C(=C\c1ccc(-c2ccc(S(N)(=O)=O)cc2)o1)c1nc(-c2ccccc2)c(NC(=O)c2ccco2)s1. The third-order valence-corrected chi connectivity index (χ3v) is 7.31. The highest BCUT2D eigenvalue weighted by Crippen LogP contribution is 2.37. The molecular formula is C27H18N4O5S2. The second-order valence-corrected chi connectivity index (χ2v) is 10.5. The van der Waals surface area contributed by atoms with Crippen LogP contribution < -0.4 is 10.5 Å². The topological polar surface area (TPSA) is 152 Å². The summed E-state index contributed by atoms with van der Waals surface area (Å²) in [4.78, 5) is 17.3. The third kappa shape index (κ3) is 5.33. The number of benzene rings is 2.